The topological polar surface area (TPSA) is 54.4 Å². The number of carbonyl (C=O) groups excluding carboxylic acids is 2. The van der Waals surface area contributed by atoms with Crippen LogP contribution in [-0.2, 0) is 9.59 Å². The van der Waals surface area contributed by atoms with Crippen LogP contribution in [0.5, 0.6) is 0 Å². The fraction of sp³-hybridized carbons (Fsp3) is 0.818. The van der Waals surface area contributed by atoms with E-state index in [1.807, 2.05) is 6.08 Å². The lowest BCUT2D eigenvalue weighted by molar-refractivity contribution is -0.169. The molecule has 4 aliphatic rings. The van der Waals surface area contributed by atoms with E-state index in [4.69, 9.17) is 0 Å². The quantitative estimate of drug-likeness (QED) is 0.784. The zero-order chi connectivity index (χ0) is 18.1. The van der Waals surface area contributed by atoms with Gasteiger partial charge in [-0.2, -0.15) is 0 Å². The Bertz CT molecular complexity index is 650. The van der Waals surface area contributed by atoms with Crippen molar-refractivity contribution >= 4 is 11.6 Å². The predicted molar refractivity (Wildman–Crippen MR) is 96.8 cm³/mol. The van der Waals surface area contributed by atoms with E-state index in [9.17, 15) is 14.7 Å². The maximum absolute atomic E-state index is 12.3. The van der Waals surface area contributed by atoms with Gasteiger partial charge in [-0.25, -0.2) is 0 Å². The van der Waals surface area contributed by atoms with E-state index >= 15 is 0 Å². The Kier molecular flexibility index (Phi) is 3.85. The highest BCUT2D eigenvalue weighted by atomic mass is 16.3. The van der Waals surface area contributed by atoms with E-state index in [0.717, 1.165) is 32.1 Å². The summed E-state index contributed by atoms with van der Waals surface area (Å²) < 4.78 is 0. The average Bonchev–Trinajstić information content (AvgIpc) is 2.91. The highest BCUT2D eigenvalue weighted by molar-refractivity contribution is 5.91. The van der Waals surface area contributed by atoms with Crippen molar-refractivity contribution in [3.8, 4) is 0 Å². The molecule has 0 radical (unpaired) electrons. The number of hydrogen-bond donors (Lipinski definition) is 1. The number of ketones is 2. The zero-order valence-corrected chi connectivity index (χ0v) is 16.0. The van der Waals surface area contributed by atoms with Gasteiger partial charge < -0.3 is 5.11 Å². The van der Waals surface area contributed by atoms with Gasteiger partial charge in [-0.3, -0.25) is 9.59 Å². The molecule has 4 rings (SSSR count). The molecule has 0 saturated heterocycles. The largest absolute Gasteiger partial charge is 0.392 e. The van der Waals surface area contributed by atoms with Crippen LogP contribution in [0.1, 0.15) is 66.2 Å². The van der Waals surface area contributed by atoms with Crippen molar-refractivity contribution in [2.24, 2.45) is 40.4 Å². The normalized spacial score (nSPS) is 52.0. The Morgan fingerprint density at radius 1 is 1.20 bits per heavy atom. The summed E-state index contributed by atoms with van der Waals surface area (Å²) in [5.74, 6) is 2.03. The van der Waals surface area contributed by atoms with Crippen LogP contribution < -0.4 is 0 Å². The molecular weight excluding hydrogens is 312 g/mol. The van der Waals surface area contributed by atoms with Crippen LogP contribution in [0.3, 0.4) is 0 Å². The van der Waals surface area contributed by atoms with Crippen molar-refractivity contribution in [2.45, 2.75) is 72.3 Å². The van der Waals surface area contributed by atoms with Crippen LogP contribution in [-0.4, -0.2) is 22.8 Å². The van der Waals surface area contributed by atoms with Gasteiger partial charge in [0.25, 0.3) is 0 Å². The van der Waals surface area contributed by atoms with E-state index in [1.165, 1.54) is 5.57 Å². The van der Waals surface area contributed by atoms with Crippen LogP contribution in [0, 0.1) is 40.4 Å². The summed E-state index contributed by atoms with van der Waals surface area (Å²) in [5.41, 5.74) is 1.16. The molecule has 3 nitrogen and oxygen atoms in total. The number of aliphatic hydroxyl groups excluding tert-OH is 1. The minimum absolute atomic E-state index is 0.0415. The molecule has 0 aromatic carbocycles. The number of allylic oxidation sites excluding steroid dienone is 1. The SMILES string of the molecule is CC(=O)[C@H]1CC[C@H]2[C@@H]3CCC4=CC(=O)CC[C@]4(C)[C@H]3[C@@H](O)[C@@H](C)[C@]12C. The van der Waals surface area contributed by atoms with Gasteiger partial charge in [-0.1, -0.05) is 26.3 Å². The summed E-state index contributed by atoms with van der Waals surface area (Å²) in [6, 6.07) is 0. The monoisotopic (exact) mass is 344 g/mol. The van der Waals surface area contributed by atoms with Gasteiger partial charge in [0.1, 0.15) is 5.78 Å². The van der Waals surface area contributed by atoms with Crippen molar-refractivity contribution in [2.75, 3.05) is 0 Å². The van der Waals surface area contributed by atoms with Crippen LogP contribution >= 0.6 is 0 Å². The minimum Gasteiger partial charge on any atom is -0.392 e. The molecule has 0 unspecified atom stereocenters. The summed E-state index contributed by atoms with van der Waals surface area (Å²) in [5, 5.41) is 11.4. The minimum atomic E-state index is -0.381. The Labute approximate surface area is 151 Å². The fourth-order valence-corrected chi connectivity index (χ4v) is 7.65. The predicted octanol–water partition coefficient (Wildman–Crippen LogP) is 3.94. The maximum Gasteiger partial charge on any atom is 0.155 e. The number of rotatable bonds is 1. The van der Waals surface area contributed by atoms with Gasteiger partial charge >= 0.3 is 0 Å². The molecule has 8 atom stereocenters. The second kappa shape index (κ2) is 5.52. The van der Waals surface area contributed by atoms with Gasteiger partial charge in [0.2, 0.25) is 0 Å². The van der Waals surface area contributed by atoms with E-state index in [-0.39, 0.29) is 40.5 Å². The van der Waals surface area contributed by atoms with Crippen molar-refractivity contribution in [1.29, 1.82) is 0 Å². The van der Waals surface area contributed by atoms with Crippen molar-refractivity contribution in [1.82, 2.24) is 0 Å². The Balaban J connectivity index is 1.77. The lowest BCUT2D eigenvalue weighted by Crippen LogP contribution is -2.60. The standard InChI is InChI=1S/C22H32O3/c1-12-20(25)19-16(18-8-7-17(13(2)23)22(12,18)4)6-5-14-11-15(24)9-10-21(14,19)3/h11-12,16-20,25H,5-10H2,1-4H3/t12-,16+,17-,18+,19-,20+,21+,22-/m1/s1. The molecule has 0 heterocycles. The first-order chi connectivity index (χ1) is 11.7. The second-order valence-corrected chi connectivity index (χ2v) is 9.77. The molecule has 0 aromatic rings. The molecule has 138 valence electrons. The molecule has 0 amide bonds. The maximum atomic E-state index is 12.3. The number of Topliss-reactive ketones (excluding diaryl/α,β-unsaturated/α-hetero) is 1. The van der Waals surface area contributed by atoms with Crippen molar-refractivity contribution < 1.29 is 14.7 Å². The highest BCUT2D eigenvalue weighted by Gasteiger charge is 2.65. The lowest BCUT2D eigenvalue weighted by Gasteiger charge is -2.62. The van der Waals surface area contributed by atoms with Crippen LogP contribution in [0.15, 0.2) is 11.6 Å². The van der Waals surface area contributed by atoms with Crippen LogP contribution in [0.4, 0.5) is 0 Å². The van der Waals surface area contributed by atoms with Gasteiger partial charge in [-0.15, -0.1) is 0 Å². The number of carbonyl (C=O) groups is 2. The Morgan fingerprint density at radius 2 is 1.92 bits per heavy atom. The lowest BCUT2D eigenvalue weighted by atomic mass is 9.43. The molecule has 3 fully saturated rings. The molecular formula is C22H32O3. The van der Waals surface area contributed by atoms with Crippen molar-refractivity contribution in [3.05, 3.63) is 11.6 Å². The number of fused-ring (bicyclic) bond motifs is 5. The summed E-state index contributed by atoms with van der Waals surface area (Å²) >= 11 is 0. The molecule has 3 heteroatoms. The van der Waals surface area contributed by atoms with Gasteiger partial charge in [-0.05, 0) is 79.6 Å². The van der Waals surface area contributed by atoms with Crippen LogP contribution in [0.2, 0.25) is 0 Å². The summed E-state index contributed by atoms with van der Waals surface area (Å²) in [4.78, 5) is 24.3. The Morgan fingerprint density at radius 3 is 2.60 bits per heavy atom. The van der Waals surface area contributed by atoms with E-state index in [0.29, 0.717) is 24.0 Å². The summed E-state index contributed by atoms with van der Waals surface area (Å²) in [7, 11) is 0. The fourth-order valence-electron chi connectivity index (χ4n) is 7.65. The van der Waals surface area contributed by atoms with Gasteiger partial charge in [0.15, 0.2) is 5.78 Å². The summed E-state index contributed by atoms with van der Waals surface area (Å²) in [6.45, 7) is 8.47. The third-order valence-electron chi connectivity index (χ3n) is 9.09. The third kappa shape index (κ3) is 2.14. The van der Waals surface area contributed by atoms with Gasteiger partial charge in [0.05, 0.1) is 6.10 Å². The highest BCUT2D eigenvalue weighted by Crippen LogP contribution is 2.68. The van der Waals surface area contributed by atoms with Gasteiger partial charge in [0, 0.05) is 12.3 Å². The molecule has 1 N–H and O–H groups in total. The molecule has 0 spiro atoms. The molecule has 0 aromatic heterocycles. The zero-order valence-electron chi connectivity index (χ0n) is 16.0. The second-order valence-electron chi connectivity index (χ2n) is 9.77. The van der Waals surface area contributed by atoms with Crippen molar-refractivity contribution in [3.63, 3.8) is 0 Å². The molecule has 0 aliphatic heterocycles. The first-order valence-electron chi connectivity index (χ1n) is 10.1. The molecule has 3 saturated carbocycles. The average molecular weight is 344 g/mol. The van der Waals surface area contributed by atoms with E-state index < -0.39 is 0 Å². The first-order valence-corrected chi connectivity index (χ1v) is 10.1. The summed E-state index contributed by atoms with van der Waals surface area (Å²) in [6.07, 6.45) is 7.15. The smallest absolute Gasteiger partial charge is 0.155 e. The third-order valence-corrected chi connectivity index (χ3v) is 9.09. The molecule has 25 heavy (non-hydrogen) atoms. The first kappa shape index (κ1) is 17.5. The van der Waals surface area contributed by atoms with E-state index in [1.54, 1.807) is 6.92 Å². The molecule has 0 bridgehead atoms. The number of aliphatic hydroxyl groups is 1. The molecule has 4 aliphatic carbocycles. The number of hydrogen-bond acceptors (Lipinski definition) is 3. The van der Waals surface area contributed by atoms with E-state index in [2.05, 4.69) is 20.8 Å². The Hall–Kier alpha value is -0.960. The van der Waals surface area contributed by atoms with Crippen LogP contribution in [0.25, 0.3) is 0 Å².